The second kappa shape index (κ2) is 7.18. The standard InChI is InChI=1S/C13H10N4O4S/c18-12(19)10-8-22-13(15-10)16-14-7-3-5-9-4-1-2-6-11(9)17(20)21/h1-6,8H,7H2,(H,18,19). The molecule has 0 radical (unpaired) electrons. The molecule has 0 saturated carbocycles. The number of hydrogen-bond acceptors (Lipinski definition) is 7. The molecule has 1 aromatic heterocycles. The van der Waals surface area contributed by atoms with Gasteiger partial charge in [-0.2, -0.15) is 5.11 Å². The summed E-state index contributed by atoms with van der Waals surface area (Å²) in [7, 11) is 0. The average Bonchev–Trinajstić information content (AvgIpc) is 2.96. The van der Waals surface area contributed by atoms with Crippen LogP contribution in [0.15, 0.2) is 46.0 Å². The van der Waals surface area contributed by atoms with E-state index in [9.17, 15) is 14.9 Å². The van der Waals surface area contributed by atoms with E-state index in [1.807, 2.05) is 0 Å². The zero-order valence-electron chi connectivity index (χ0n) is 11.1. The fourth-order valence-electron chi connectivity index (χ4n) is 1.53. The second-order valence-corrected chi connectivity index (χ2v) is 4.80. The number of thiazole rings is 1. The van der Waals surface area contributed by atoms with Gasteiger partial charge < -0.3 is 5.11 Å². The van der Waals surface area contributed by atoms with Crippen molar-refractivity contribution >= 4 is 34.2 Å². The molecule has 1 heterocycles. The fraction of sp³-hybridized carbons (Fsp3) is 0.0769. The number of nitro groups is 1. The highest BCUT2D eigenvalue weighted by Gasteiger charge is 2.09. The molecule has 112 valence electrons. The van der Waals surface area contributed by atoms with Crippen molar-refractivity contribution in [3.05, 3.63) is 57.1 Å². The van der Waals surface area contributed by atoms with Crippen molar-refractivity contribution in [2.75, 3.05) is 6.54 Å². The largest absolute Gasteiger partial charge is 0.476 e. The molecule has 0 aliphatic rings. The summed E-state index contributed by atoms with van der Waals surface area (Å²) in [6.07, 6.45) is 3.21. The van der Waals surface area contributed by atoms with Crippen molar-refractivity contribution in [3.63, 3.8) is 0 Å². The SMILES string of the molecule is O=C(O)c1csc(N=NCC=Cc2ccccc2[N+](=O)[O-])n1. The molecule has 0 spiro atoms. The van der Waals surface area contributed by atoms with Crippen LogP contribution >= 0.6 is 11.3 Å². The lowest BCUT2D eigenvalue weighted by Crippen LogP contribution is -1.94. The number of benzene rings is 1. The molecule has 0 aliphatic heterocycles. The molecular formula is C13H10N4O4S. The Morgan fingerprint density at radius 2 is 2.23 bits per heavy atom. The van der Waals surface area contributed by atoms with Crippen LogP contribution in [0.4, 0.5) is 10.8 Å². The van der Waals surface area contributed by atoms with Crippen molar-refractivity contribution in [3.8, 4) is 0 Å². The molecule has 9 heteroatoms. The van der Waals surface area contributed by atoms with Crippen LogP contribution in [0, 0.1) is 10.1 Å². The number of carbonyl (C=O) groups is 1. The van der Waals surface area contributed by atoms with Crippen LogP contribution in [0.2, 0.25) is 0 Å². The van der Waals surface area contributed by atoms with Gasteiger partial charge in [0, 0.05) is 11.4 Å². The van der Waals surface area contributed by atoms with Gasteiger partial charge in [-0.25, -0.2) is 9.78 Å². The first-order valence-corrected chi connectivity index (χ1v) is 6.92. The Hall–Kier alpha value is -2.94. The number of hydrogen-bond donors (Lipinski definition) is 1. The summed E-state index contributed by atoms with van der Waals surface area (Å²) >= 11 is 1.07. The van der Waals surface area contributed by atoms with Gasteiger partial charge in [0.25, 0.3) is 5.69 Å². The number of rotatable bonds is 6. The predicted molar refractivity (Wildman–Crippen MR) is 80.6 cm³/mol. The maximum atomic E-state index is 10.8. The minimum absolute atomic E-state index is 0.0155. The number of aromatic nitrogens is 1. The Morgan fingerprint density at radius 3 is 2.91 bits per heavy atom. The van der Waals surface area contributed by atoms with Crippen LogP contribution in [0.5, 0.6) is 0 Å². The van der Waals surface area contributed by atoms with E-state index >= 15 is 0 Å². The van der Waals surface area contributed by atoms with Crippen LogP contribution in [-0.4, -0.2) is 27.5 Å². The minimum atomic E-state index is -1.12. The first-order chi connectivity index (χ1) is 10.6. The van der Waals surface area contributed by atoms with Gasteiger partial charge in [0.1, 0.15) is 0 Å². The van der Waals surface area contributed by atoms with E-state index in [0.29, 0.717) is 5.56 Å². The van der Waals surface area contributed by atoms with Crippen LogP contribution in [0.3, 0.4) is 0 Å². The van der Waals surface area contributed by atoms with Gasteiger partial charge in [-0.15, -0.1) is 16.5 Å². The van der Waals surface area contributed by atoms with E-state index in [1.165, 1.54) is 11.4 Å². The zero-order chi connectivity index (χ0) is 15.9. The first kappa shape index (κ1) is 15.4. The molecule has 8 nitrogen and oxygen atoms in total. The van der Waals surface area contributed by atoms with Crippen molar-refractivity contribution in [2.45, 2.75) is 0 Å². The number of aromatic carboxylic acids is 1. The van der Waals surface area contributed by atoms with Gasteiger partial charge in [0.15, 0.2) is 5.69 Å². The van der Waals surface area contributed by atoms with E-state index < -0.39 is 10.9 Å². The molecule has 0 amide bonds. The van der Waals surface area contributed by atoms with Gasteiger partial charge in [-0.1, -0.05) is 24.3 Å². The molecule has 0 aliphatic carbocycles. The van der Waals surface area contributed by atoms with E-state index in [0.717, 1.165) is 11.3 Å². The fourth-order valence-corrected chi connectivity index (χ4v) is 2.16. The summed E-state index contributed by atoms with van der Waals surface area (Å²) in [6, 6.07) is 6.35. The average molecular weight is 318 g/mol. The highest BCUT2D eigenvalue weighted by atomic mass is 32.1. The monoisotopic (exact) mass is 318 g/mol. The van der Waals surface area contributed by atoms with E-state index in [4.69, 9.17) is 5.11 Å². The molecule has 0 bridgehead atoms. The second-order valence-electron chi connectivity index (χ2n) is 3.96. The number of carboxylic acid groups (broad SMARTS) is 1. The van der Waals surface area contributed by atoms with Crippen molar-refractivity contribution in [1.82, 2.24) is 4.98 Å². The summed E-state index contributed by atoms with van der Waals surface area (Å²) < 4.78 is 0. The summed E-state index contributed by atoms with van der Waals surface area (Å²) in [5, 5.41) is 28.8. The zero-order valence-corrected chi connectivity index (χ0v) is 11.9. The summed E-state index contributed by atoms with van der Waals surface area (Å²) in [6.45, 7) is 0.202. The van der Waals surface area contributed by atoms with Crippen LogP contribution < -0.4 is 0 Å². The summed E-state index contributed by atoms with van der Waals surface area (Å²) in [5.41, 5.74) is 0.418. The molecule has 2 aromatic rings. The Kier molecular flexibility index (Phi) is 5.04. The maximum Gasteiger partial charge on any atom is 0.355 e. The highest BCUT2D eigenvalue weighted by molar-refractivity contribution is 7.13. The normalized spacial score (nSPS) is 11.3. The van der Waals surface area contributed by atoms with Gasteiger partial charge in [-0.05, 0) is 6.07 Å². The number of carboxylic acids is 1. The molecule has 2 rings (SSSR count). The molecule has 1 N–H and O–H groups in total. The lowest BCUT2D eigenvalue weighted by atomic mass is 10.1. The van der Waals surface area contributed by atoms with Crippen molar-refractivity contribution in [2.24, 2.45) is 10.2 Å². The molecular weight excluding hydrogens is 308 g/mol. The summed E-state index contributed by atoms with van der Waals surface area (Å²) in [4.78, 5) is 24.8. The predicted octanol–water partition coefficient (Wildman–Crippen LogP) is 3.55. The van der Waals surface area contributed by atoms with Crippen molar-refractivity contribution in [1.29, 1.82) is 0 Å². The van der Waals surface area contributed by atoms with Crippen molar-refractivity contribution < 1.29 is 14.8 Å². The number of nitro benzene ring substituents is 1. The Bertz CT molecular complexity index is 754. The molecule has 22 heavy (non-hydrogen) atoms. The molecule has 0 saturated heterocycles. The topological polar surface area (TPSA) is 118 Å². The minimum Gasteiger partial charge on any atom is -0.476 e. The van der Waals surface area contributed by atoms with E-state index in [1.54, 1.807) is 30.4 Å². The lowest BCUT2D eigenvalue weighted by molar-refractivity contribution is -0.385. The third kappa shape index (κ3) is 4.03. The van der Waals surface area contributed by atoms with E-state index in [-0.39, 0.29) is 23.1 Å². The lowest BCUT2D eigenvalue weighted by Gasteiger charge is -1.95. The summed E-state index contributed by atoms with van der Waals surface area (Å²) in [5.74, 6) is -1.12. The number of azo groups is 1. The maximum absolute atomic E-state index is 10.8. The molecule has 1 aromatic carbocycles. The Morgan fingerprint density at radius 1 is 1.45 bits per heavy atom. The Labute approximate surface area is 128 Å². The third-order valence-electron chi connectivity index (χ3n) is 2.49. The van der Waals surface area contributed by atoms with Crippen LogP contribution in [0.25, 0.3) is 6.08 Å². The third-order valence-corrected chi connectivity index (χ3v) is 3.21. The van der Waals surface area contributed by atoms with Crippen LogP contribution in [0.1, 0.15) is 16.1 Å². The van der Waals surface area contributed by atoms with E-state index in [2.05, 4.69) is 15.2 Å². The highest BCUT2D eigenvalue weighted by Crippen LogP contribution is 2.20. The molecule has 0 atom stereocenters. The number of para-hydroxylation sites is 1. The molecule has 0 fully saturated rings. The molecule has 0 unspecified atom stereocenters. The van der Waals surface area contributed by atoms with Gasteiger partial charge in [0.05, 0.1) is 17.0 Å². The first-order valence-electron chi connectivity index (χ1n) is 6.04. The van der Waals surface area contributed by atoms with Gasteiger partial charge in [-0.3, -0.25) is 10.1 Å². The van der Waals surface area contributed by atoms with Crippen LogP contribution in [-0.2, 0) is 0 Å². The quantitative estimate of drug-likeness (QED) is 0.496. The van der Waals surface area contributed by atoms with Gasteiger partial charge >= 0.3 is 5.97 Å². The number of nitrogens with zero attached hydrogens (tertiary/aromatic N) is 4. The Balaban J connectivity index is 1.97. The smallest absolute Gasteiger partial charge is 0.355 e. The van der Waals surface area contributed by atoms with Gasteiger partial charge in [0.2, 0.25) is 5.13 Å².